The maximum atomic E-state index is 13.5. The molecule has 0 saturated carbocycles. The van der Waals surface area contributed by atoms with E-state index >= 15 is 0 Å². The largest absolute Gasteiger partial charge is 0.473 e. The summed E-state index contributed by atoms with van der Waals surface area (Å²) in [6.45, 7) is 3.15. The lowest BCUT2D eigenvalue weighted by Crippen LogP contribution is -2.54. The molecule has 1 atom stereocenters. The van der Waals surface area contributed by atoms with Crippen molar-refractivity contribution in [2.45, 2.75) is 25.0 Å². The first-order chi connectivity index (χ1) is 13.7. The molecular weight excluding hydrogens is 415 g/mol. The number of halogens is 2. The second kappa shape index (κ2) is 5.62. The van der Waals surface area contributed by atoms with Gasteiger partial charge in [-0.1, -0.05) is 35.3 Å². The Balaban J connectivity index is 1.85. The van der Waals surface area contributed by atoms with Gasteiger partial charge in [0.05, 0.1) is 5.57 Å². The van der Waals surface area contributed by atoms with E-state index in [2.05, 4.69) is 5.32 Å². The molecule has 0 aromatic heterocycles. The van der Waals surface area contributed by atoms with Crippen molar-refractivity contribution < 1.29 is 19.1 Å². The van der Waals surface area contributed by atoms with Gasteiger partial charge in [-0.25, -0.2) is 0 Å². The van der Waals surface area contributed by atoms with Crippen LogP contribution in [0.5, 0.6) is 0 Å². The van der Waals surface area contributed by atoms with E-state index < -0.39 is 28.7 Å². The molecule has 2 amide bonds. The second-order valence-corrected chi connectivity index (χ2v) is 8.49. The molecule has 29 heavy (non-hydrogen) atoms. The van der Waals surface area contributed by atoms with Crippen molar-refractivity contribution in [3.05, 3.63) is 69.4 Å². The SMILES string of the molecule is CC1(C)OC2=C(C1=O)C1(C(=O)Nc3cc(Cl)ccc31)N(c1cccc(Cl)c1)C2=O. The van der Waals surface area contributed by atoms with Crippen LogP contribution < -0.4 is 10.2 Å². The predicted octanol–water partition coefficient (Wildman–Crippen LogP) is 3.82. The lowest BCUT2D eigenvalue weighted by atomic mass is 9.79. The molecule has 0 bridgehead atoms. The van der Waals surface area contributed by atoms with Crippen molar-refractivity contribution in [3.63, 3.8) is 0 Å². The minimum atomic E-state index is -1.69. The van der Waals surface area contributed by atoms with Crippen LogP contribution in [0, 0.1) is 0 Å². The molecule has 6 nitrogen and oxygen atoms in total. The molecule has 0 aliphatic carbocycles. The number of carbonyl (C=O) groups is 3. The van der Waals surface area contributed by atoms with E-state index in [1.54, 1.807) is 56.3 Å². The minimum Gasteiger partial charge on any atom is -0.473 e. The Hall–Kier alpha value is -2.83. The molecule has 5 rings (SSSR count). The highest BCUT2D eigenvalue weighted by Crippen LogP contribution is 2.56. The van der Waals surface area contributed by atoms with Crippen molar-refractivity contribution >= 4 is 52.2 Å². The van der Waals surface area contributed by atoms with E-state index in [1.807, 2.05) is 0 Å². The average molecular weight is 429 g/mol. The number of carbonyl (C=O) groups excluding carboxylic acids is 3. The van der Waals surface area contributed by atoms with E-state index in [9.17, 15) is 14.4 Å². The molecule has 0 saturated heterocycles. The molecule has 2 aromatic carbocycles. The fourth-order valence-electron chi connectivity index (χ4n) is 4.27. The van der Waals surface area contributed by atoms with Gasteiger partial charge in [-0.3, -0.25) is 19.3 Å². The monoisotopic (exact) mass is 428 g/mol. The van der Waals surface area contributed by atoms with Crippen molar-refractivity contribution in [2.24, 2.45) is 0 Å². The van der Waals surface area contributed by atoms with Crippen LogP contribution in [0.15, 0.2) is 53.8 Å². The minimum absolute atomic E-state index is 0.0334. The number of anilines is 2. The molecule has 1 spiro atoms. The number of hydrogen-bond acceptors (Lipinski definition) is 4. The highest BCUT2D eigenvalue weighted by molar-refractivity contribution is 6.34. The molecule has 0 fully saturated rings. The van der Waals surface area contributed by atoms with Crippen LogP contribution in [0.3, 0.4) is 0 Å². The van der Waals surface area contributed by atoms with E-state index in [-0.39, 0.29) is 11.3 Å². The summed E-state index contributed by atoms with van der Waals surface area (Å²) in [7, 11) is 0. The summed E-state index contributed by atoms with van der Waals surface area (Å²) in [4.78, 5) is 41.5. The van der Waals surface area contributed by atoms with Crippen molar-refractivity contribution in [3.8, 4) is 0 Å². The number of ether oxygens (including phenoxy) is 1. The van der Waals surface area contributed by atoms with Crippen LogP contribution in [0.2, 0.25) is 10.0 Å². The number of ketones is 1. The Morgan fingerprint density at radius 1 is 1.00 bits per heavy atom. The summed E-state index contributed by atoms with van der Waals surface area (Å²) in [5, 5.41) is 3.58. The van der Waals surface area contributed by atoms with Crippen molar-refractivity contribution in [1.82, 2.24) is 0 Å². The standard InChI is InChI=1S/C21H14Cl2N2O4/c1-20(2)17(26)15-16(29-20)18(27)25(12-5-3-4-10(22)8-12)21(15)13-7-6-11(23)9-14(13)24-19(21)28/h3-9H,1-2H3,(H,24,28). The molecule has 3 aliphatic heterocycles. The number of nitrogens with zero attached hydrogens (tertiary/aromatic N) is 1. The third kappa shape index (κ3) is 2.16. The molecule has 3 heterocycles. The summed E-state index contributed by atoms with van der Waals surface area (Å²) in [5.41, 5.74) is -1.63. The summed E-state index contributed by atoms with van der Waals surface area (Å²) in [6, 6.07) is 11.4. The fraction of sp³-hybridized carbons (Fsp3) is 0.190. The Kier molecular flexibility index (Phi) is 3.53. The third-order valence-corrected chi connectivity index (χ3v) is 5.94. The van der Waals surface area contributed by atoms with Gasteiger partial charge < -0.3 is 10.1 Å². The number of amides is 2. The van der Waals surface area contributed by atoms with Crippen LogP contribution in [0.25, 0.3) is 0 Å². The first-order valence-electron chi connectivity index (χ1n) is 8.88. The molecule has 146 valence electrons. The zero-order valence-corrected chi connectivity index (χ0v) is 16.9. The highest BCUT2D eigenvalue weighted by Gasteiger charge is 2.69. The van der Waals surface area contributed by atoms with Crippen molar-refractivity contribution in [1.29, 1.82) is 0 Å². The predicted molar refractivity (Wildman–Crippen MR) is 108 cm³/mol. The summed E-state index contributed by atoms with van der Waals surface area (Å²) in [5.74, 6) is -1.62. The lowest BCUT2D eigenvalue weighted by Gasteiger charge is -2.36. The molecule has 8 heteroatoms. The van der Waals surface area contributed by atoms with E-state index in [0.717, 1.165) is 0 Å². The van der Waals surface area contributed by atoms with E-state index in [0.29, 0.717) is 27.0 Å². The maximum Gasteiger partial charge on any atom is 0.295 e. The van der Waals surface area contributed by atoms with Crippen LogP contribution in [-0.2, 0) is 24.7 Å². The highest BCUT2D eigenvalue weighted by atomic mass is 35.5. The quantitative estimate of drug-likeness (QED) is 0.748. The van der Waals surface area contributed by atoms with Gasteiger partial charge in [-0.2, -0.15) is 0 Å². The molecule has 0 radical (unpaired) electrons. The van der Waals surface area contributed by atoms with Crippen LogP contribution >= 0.6 is 23.2 Å². The van der Waals surface area contributed by atoms with Crippen LogP contribution in [0.4, 0.5) is 11.4 Å². The van der Waals surface area contributed by atoms with E-state index in [1.165, 1.54) is 4.90 Å². The van der Waals surface area contributed by atoms with Gasteiger partial charge in [0.25, 0.3) is 11.8 Å². The normalized spacial score (nSPS) is 24.1. The van der Waals surface area contributed by atoms with Gasteiger partial charge in [-0.05, 0) is 44.2 Å². The number of rotatable bonds is 1. The molecular formula is C21H14Cl2N2O4. The Bertz CT molecular complexity index is 1190. The lowest BCUT2D eigenvalue weighted by molar-refractivity contribution is -0.133. The Labute approximate surface area is 176 Å². The van der Waals surface area contributed by atoms with Gasteiger partial charge in [0, 0.05) is 27.0 Å². The number of Topliss-reactive ketones (excluding diaryl/α,β-unsaturated/α-hetero) is 1. The average Bonchev–Trinajstić information content (AvgIpc) is 3.16. The molecule has 1 N–H and O–H groups in total. The van der Waals surface area contributed by atoms with Gasteiger partial charge >= 0.3 is 0 Å². The van der Waals surface area contributed by atoms with Crippen LogP contribution in [-0.4, -0.2) is 23.2 Å². The second-order valence-electron chi connectivity index (χ2n) is 7.62. The van der Waals surface area contributed by atoms with Crippen molar-refractivity contribution in [2.75, 3.05) is 10.2 Å². The van der Waals surface area contributed by atoms with Gasteiger partial charge in [0.1, 0.15) is 0 Å². The van der Waals surface area contributed by atoms with Gasteiger partial charge in [-0.15, -0.1) is 0 Å². The summed E-state index contributed by atoms with van der Waals surface area (Å²) >= 11 is 12.3. The fourth-order valence-corrected chi connectivity index (χ4v) is 4.62. The van der Waals surface area contributed by atoms with Gasteiger partial charge in [0.2, 0.25) is 5.78 Å². The number of benzene rings is 2. The maximum absolute atomic E-state index is 13.5. The topological polar surface area (TPSA) is 75.7 Å². The Morgan fingerprint density at radius 3 is 2.45 bits per heavy atom. The zero-order chi connectivity index (χ0) is 20.7. The molecule has 2 aromatic rings. The third-order valence-electron chi connectivity index (χ3n) is 5.47. The summed E-state index contributed by atoms with van der Waals surface area (Å²) < 4.78 is 5.75. The molecule has 1 unspecified atom stereocenters. The first-order valence-corrected chi connectivity index (χ1v) is 9.63. The number of nitrogens with one attached hydrogen (secondary N) is 1. The zero-order valence-electron chi connectivity index (χ0n) is 15.4. The van der Waals surface area contributed by atoms with E-state index in [4.69, 9.17) is 27.9 Å². The Morgan fingerprint density at radius 2 is 1.72 bits per heavy atom. The molecule has 3 aliphatic rings. The smallest absolute Gasteiger partial charge is 0.295 e. The number of fused-ring (bicyclic) bond motifs is 3. The first kappa shape index (κ1) is 18.2. The van der Waals surface area contributed by atoms with Gasteiger partial charge in [0.15, 0.2) is 16.9 Å². The number of hydrogen-bond donors (Lipinski definition) is 1. The summed E-state index contributed by atoms with van der Waals surface area (Å²) in [6.07, 6.45) is 0. The van der Waals surface area contributed by atoms with Crippen LogP contribution in [0.1, 0.15) is 19.4 Å².